The van der Waals surface area contributed by atoms with E-state index < -0.39 is 0 Å². The lowest BCUT2D eigenvalue weighted by Gasteiger charge is -2.09. The van der Waals surface area contributed by atoms with E-state index in [0.717, 1.165) is 32.0 Å². The van der Waals surface area contributed by atoms with Crippen LogP contribution in [0.25, 0.3) is 0 Å². The maximum absolute atomic E-state index is 4.28. The van der Waals surface area contributed by atoms with E-state index in [4.69, 9.17) is 0 Å². The summed E-state index contributed by atoms with van der Waals surface area (Å²) in [7, 11) is 0. The predicted octanol–water partition coefficient (Wildman–Crippen LogP) is 1.69. The lowest BCUT2D eigenvalue weighted by molar-refractivity contribution is 0.519. The zero-order valence-electron chi connectivity index (χ0n) is 9.45. The van der Waals surface area contributed by atoms with Gasteiger partial charge in [-0.3, -0.25) is 0 Å². The minimum atomic E-state index is 0.725. The van der Waals surface area contributed by atoms with Crippen molar-refractivity contribution in [1.29, 1.82) is 0 Å². The molecule has 0 amide bonds. The first kappa shape index (κ1) is 11.2. The Labute approximate surface area is 86.5 Å². The standard InChI is InChI=1S/C11H21N3/c1-4-11-13-6-8-14(11)7-5-12-9-10(2)3/h6,8,10,12H,4-5,7,9H2,1-3H3. The van der Waals surface area contributed by atoms with Gasteiger partial charge in [-0.2, -0.15) is 0 Å². The van der Waals surface area contributed by atoms with Gasteiger partial charge in [0, 0.05) is 31.9 Å². The van der Waals surface area contributed by atoms with Crippen LogP contribution in [0.1, 0.15) is 26.6 Å². The maximum atomic E-state index is 4.28. The highest BCUT2D eigenvalue weighted by molar-refractivity contribution is 4.91. The number of rotatable bonds is 6. The highest BCUT2D eigenvalue weighted by Crippen LogP contribution is 1.97. The topological polar surface area (TPSA) is 29.9 Å². The summed E-state index contributed by atoms with van der Waals surface area (Å²) in [6.07, 6.45) is 4.94. The Morgan fingerprint density at radius 3 is 2.93 bits per heavy atom. The molecule has 1 rings (SSSR count). The summed E-state index contributed by atoms with van der Waals surface area (Å²) in [6, 6.07) is 0. The molecule has 1 aromatic rings. The summed E-state index contributed by atoms with van der Waals surface area (Å²) < 4.78 is 2.22. The fraction of sp³-hybridized carbons (Fsp3) is 0.727. The highest BCUT2D eigenvalue weighted by atomic mass is 15.1. The molecule has 0 saturated heterocycles. The minimum Gasteiger partial charge on any atom is -0.334 e. The van der Waals surface area contributed by atoms with Crippen molar-refractivity contribution in [2.45, 2.75) is 33.7 Å². The van der Waals surface area contributed by atoms with Crippen molar-refractivity contribution in [2.75, 3.05) is 13.1 Å². The Morgan fingerprint density at radius 2 is 2.29 bits per heavy atom. The summed E-state index contributed by atoms with van der Waals surface area (Å²) in [4.78, 5) is 4.28. The minimum absolute atomic E-state index is 0.725. The van der Waals surface area contributed by atoms with Crippen molar-refractivity contribution in [1.82, 2.24) is 14.9 Å². The molecule has 14 heavy (non-hydrogen) atoms. The average molecular weight is 195 g/mol. The molecule has 0 saturated carbocycles. The monoisotopic (exact) mass is 195 g/mol. The van der Waals surface area contributed by atoms with Crippen molar-refractivity contribution >= 4 is 0 Å². The molecule has 0 aliphatic carbocycles. The summed E-state index contributed by atoms with van der Waals surface area (Å²) in [5, 5.41) is 3.43. The molecule has 1 N–H and O–H groups in total. The molecule has 0 bridgehead atoms. The number of aryl methyl sites for hydroxylation is 1. The summed E-state index contributed by atoms with van der Waals surface area (Å²) >= 11 is 0. The molecule has 0 aromatic carbocycles. The Kier molecular flexibility index (Phi) is 4.66. The van der Waals surface area contributed by atoms with Gasteiger partial charge in [0.05, 0.1) is 0 Å². The largest absolute Gasteiger partial charge is 0.334 e. The molecule has 0 radical (unpaired) electrons. The van der Waals surface area contributed by atoms with Gasteiger partial charge in [0.2, 0.25) is 0 Å². The fourth-order valence-corrected chi connectivity index (χ4v) is 1.45. The summed E-state index contributed by atoms with van der Waals surface area (Å²) in [6.45, 7) is 9.73. The molecule has 0 unspecified atom stereocenters. The third-order valence-electron chi connectivity index (χ3n) is 2.20. The second-order valence-corrected chi connectivity index (χ2v) is 3.99. The van der Waals surface area contributed by atoms with Crippen molar-refractivity contribution < 1.29 is 0 Å². The van der Waals surface area contributed by atoms with Crippen molar-refractivity contribution in [2.24, 2.45) is 5.92 Å². The van der Waals surface area contributed by atoms with Crippen LogP contribution in [0, 0.1) is 5.92 Å². The molecule has 0 atom stereocenters. The number of hydrogen-bond acceptors (Lipinski definition) is 2. The van der Waals surface area contributed by atoms with Crippen LogP contribution in [-0.2, 0) is 13.0 Å². The Morgan fingerprint density at radius 1 is 1.50 bits per heavy atom. The smallest absolute Gasteiger partial charge is 0.108 e. The normalized spacial score (nSPS) is 11.1. The molecule has 0 spiro atoms. The second kappa shape index (κ2) is 5.81. The van der Waals surface area contributed by atoms with Gasteiger partial charge in [-0.25, -0.2) is 4.98 Å². The first-order valence-electron chi connectivity index (χ1n) is 5.44. The van der Waals surface area contributed by atoms with Crippen LogP contribution in [0.5, 0.6) is 0 Å². The quantitative estimate of drug-likeness (QED) is 0.700. The molecule has 0 fully saturated rings. The molecule has 0 aliphatic heterocycles. The number of imidazole rings is 1. The van der Waals surface area contributed by atoms with E-state index in [2.05, 4.69) is 41.8 Å². The van der Waals surface area contributed by atoms with Crippen LogP contribution in [0.15, 0.2) is 12.4 Å². The molecular weight excluding hydrogens is 174 g/mol. The van der Waals surface area contributed by atoms with Crippen LogP contribution in [0.4, 0.5) is 0 Å². The van der Waals surface area contributed by atoms with Crippen molar-refractivity contribution in [3.63, 3.8) is 0 Å². The molecule has 80 valence electrons. The maximum Gasteiger partial charge on any atom is 0.108 e. The summed E-state index contributed by atoms with van der Waals surface area (Å²) in [5.41, 5.74) is 0. The number of aromatic nitrogens is 2. The van der Waals surface area contributed by atoms with E-state index in [1.165, 1.54) is 5.82 Å². The number of hydrogen-bond donors (Lipinski definition) is 1. The molecule has 3 heteroatoms. The van der Waals surface area contributed by atoms with Crippen LogP contribution in [-0.4, -0.2) is 22.6 Å². The van der Waals surface area contributed by atoms with E-state index in [-0.39, 0.29) is 0 Å². The lowest BCUT2D eigenvalue weighted by Crippen LogP contribution is -2.24. The SMILES string of the molecule is CCc1nccn1CCNCC(C)C. The van der Waals surface area contributed by atoms with Gasteiger partial charge in [0.15, 0.2) is 0 Å². The van der Waals surface area contributed by atoms with Crippen molar-refractivity contribution in [3.05, 3.63) is 18.2 Å². The molecular formula is C11H21N3. The third kappa shape index (κ3) is 3.50. The van der Waals surface area contributed by atoms with E-state index in [9.17, 15) is 0 Å². The van der Waals surface area contributed by atoms with Crippen LogP contribution >= 0.6 is 0 Å². The van der Waals surface area contributed by atoms with Gasteiger partial charge < -0.3 is 9.88 Å². The predicted molar refractivity (Wildman–Crippen MR) is 59.3 cm³/mol. The molecule has 3 nitrogen and oxygen atoms in total. The molecule has 1 heterocycles. The van der Waals surface area contributed by atoms with Crippen LogP contribution in [0.2, 0.25) is 0 Å². The van der Waals surface area contributed by atoms with Gasteiger partial charge in [0.25, 0.3) is 0 Å². The van der Waals surface area contributed by atoms with Crippen LogP contribution in [0.3, 0.4) is 0 Å². The lowest BCUT2D eigenvalue weighted by atomic mass is 10.2. The molecule has 0 aliphatic rings. The molecule has 1 aromatic heterocycles. The summed E-state index contributed by atoms with van der Waals surface area (Å²) in [5.74, 6) is 1.90. The van der Waals surface area contributed by atoms with Gasteiger partial charge in [-0.15, -0.1) is 0 Å². The van der Waals surface area contributed by atoms with E-state index in [1.807, 2.05) is 6.20 Å². The Bertz CT molecular complexity index is 253. The zero-order valence-corrected chi connectivity index (χ0v) is 9.45. The van der Waals surface area contributed by atoms with E-state index >= 15 is 0 Å². The van der Waals surface area contributed by atoms with Crippen LogP contribution < -0.4 is 5.32 Å². The van der Waals surface area contributed by atoms with E-state index in [1.54, 1.807) is 0 Å². The van der Waals surface area contributed by atoms with E-state index in [0.29, 0.717) is 0 Å². The fourth-order valence-electron chi connectivity index (χ4n) is 1.45. The van der Waals surface area contributed by atoms with Gasteiger partial charge >= 0.3 is 0 Å². The Balaban J connectivity index is 2.24. The number of nitrogens with one attached hydrogen (secondary N) is 1. The Hall–Kier alpha value is -0.830. The highest BCUT2D eigenvalue weighted by Gasteiger charge is 1.99. The van der Waals surface area contributed by atoms with Gasteiger partial charge in [-0.1, -0.05) is 20.8 Å². The van der Waals surface area contributed by atoms with Gasteiger partial charge in [0.1, 0.15) is 5.82 Å². The second-order valence-electron chi connectivity index (χ2n) is 3.99. The first-order chi connectivity index (χ1) is 6.74. The first-order valence-corrected chi connectivity index (χ1v) is 5.44. The van der Waals surface area contributed by atoms with Crippen molar-refractivity contribution in [3.8, 4) is 0 Å². The average Bonchev–Trinajstić information content (AvgIpc) is 2.59. The zero-order chi connectivity index (χ0) is 10.4. The third-order valence-corrected chi connectivity index (χ3v) is 2.20. The van der Waals surface area contributed by atoms with Gasteiger partial charge in [-0.05, 0) is 12.5 Å². The number of nitrogens with zero attached hydrogens (tertiary/aromatic N) is 2.